The fourth-order valence-electron chi connectivity index (χ4n) is 2.79. The van der Waals surface area contributed by atoms with Crippen molar-refractivity contribution in [2.24, 2.45) is 0 Å². The van der Waals surface area contributed by atoms with Gasteiger partial charge in [-0.05, 0) is 54.9 Å². The van der Waals surface area contributed by atoms with E-state index in [0.717, 1.165) is 22.9 Å². The highest BCUT2D eigenvalue weighted by atomic mass is 32.2. The molecule has 0 N–H and O–H groups in total. The predicted molar refractivity (Wildman–Crippen MR) is 116 cm³/mol. The van der Waals surface area contributed by atoms with Gasteiger partial charge in [-0.2, -0.15) is 0 Å². The molecule has 0 atom stereocenters. The molecule has 1 saturated heterocycles. The van der Waals surface area contributed by atoms with Gasteiger partial charge in [-0.15, -0.1) is 6.58 Å². The zero-order chi connectivity index (χ0) is 20.8. The summed E-state index contributed by atoms with van der Waals surface area (Å²) in [5.41, 5.74) is 3.03. The van der Waals surface area contributed by atoms with Gasteiger partial charge in [-0.3, -0.25) is 14.5 Å². The number of rotatable bonds is 8. The van der Waals surface area contributed by atoms with Crippen molar-refractivity contribution in [1.82, 2.24) is 4.90 Å². The fraction of sp³-hybridized carbons (Fsp3) is 0.217. The van der Waals surface area contributed by atoms with Gasteiger partial charge in [0, 0.05) is 6.54 Å². The van der Waals surface area contributed by atoms with Crippen LogP contribution in [0.1, 0.15) is 23.6 Å². The summed E-state index contributed by atoms with van der Waals surface area (Å²) in [4.78, 5) is 25.9. The van der Waals surface area contributed by atoms with Gasteiger partial charge in [0.25, 0.3) is 11.1 Å². The number of thioether (sulfide) groups is 1. The van der Waals surface area contributed by atoms with Crippen LogP contribution < -0.4 is 9.47 Å². The molecule has 0 unspecified atom stereocenters. The smallest absolute Gasteiger partial charge is 0.293 e. The number of nitrogens with zero attached hydrogens (tertiary/aromatic N) is 1. The van der Waals surface area contributed by atoms with Gasteiger partial charge in [0.15, 0.2) is 11.5 Å². The summed E-state index contributed by atoms with van der Waals surface area (Å²) in [6.45, 7) is 8.65. The molecular formula is C23H23NO4S. The molecular weight excluding hydrogens is 386 g/mol. The highest BCUT2D eigenvalue weighted by Gasteiger charge is 2.34. The zero-order valence-corrected chi connectivity index (χ0v) is 17.3. The zero-order valence-electron chi connectivity index (χ0n) is 16.5. The van der Waals surface area contributed by atoms with E-state index in [1.54, 1.807) is 6.08 Å². The molecule has 1 aliphatic heterocycles. The Balaban J connectivity index is 1.78. The number of hydrogen-bond donors (Lipinski definition) is 0. The van der Waals surface area contributed by atoms with Crippen LogP contribution in [0.2, 0.25) is 0 Å². The van der Waals surface area contributed by atoms with Gasteiger partial charge in [0.2, 0.25) is 0 Å². The Morgan fingerprint density at radius 1 is 1.07 bits per heavy atom. The van der Waals surface area contributed by atoms with Gasteiger partial charge >= 0.3 is 0 Å². The van der Waals surface area contributed by atoms with Crippen molar-refractivity contribution < 1.29 is 19.1 Å². The van der Waals surface area contributed by atoms with Crippen molar-refractivity contribution in [2.75, 3.05) is 13.2 Å². The quantitative estimate of drug-likeness (QED) is 0.443. The SMILES string of the molecule is C=CCN1C(=O)S/C(=C/c2ccc(OCc3ccc(C)cc3)c(OCC)c2)C1=O. The Morgan fingerprint density at radius 3 is 2.52 bits per heavy atom. The molecule has 29 heavy (non-hydrogen) atoms. The first-order valence-electron chi connectivity index (χ1n) is 9.33. The second kappa shape index (κ2) is 9.47. The van der Waals surface area contributed by atoms with E-state index in [1.807, 2.05) is 56.3 Å². The van der Waals surface area contributed by atoms with E-state index >= 15 is 0 Å². The Morgan fingerprint density at radius 2 is 1.83 bits per heavy atom. The van der Waals surface area contributed by atoms with Crippen molar-refractivity contribution >= 4 is 29.0 Å². The van der Waals surface area contributed by atoms with E-state index in [0.29, 0.717) is 29.6 Å². The molecule has 0 bridgehead atoms. The fourth-order valence-corrected chi connectivity index (χ4v) is 3.63. The Hall–Kier alpha value is -2.99. The summed E-state index contributed by atoms with van der Waals surface area (Å²) >= 11 is 0.927. The molecule has 6 heteroatoms. The average molecular weight is 410 g/mol. The molecule has 1 heterocycles. The van der Waals surface area contributed by atoms with Gasteiger partial charge in [0.05, 0.1) is 11.5 Å². The first-order chi connectivity index (χ1) is 14.0. The molecule has 2 aromatic carbocycles. The van der Waals surface area contributed by atoms with Crippen molar-refractivity contribution in [3.05, 3.63) is 76.7 Å². The van der Waals surface area contributed by atoms with Crippen LogP contribution in [-0.2, 0) is 11.4 Å². The normalized spacial score (nSPS) is 15.1. The molecule has 150 valence electrons. The lowest BCUT2D eigenvalue weighted by molar-refractivity contribution is -0.122. The summed E-state index contributed by atoms with van der Waals surface area (Å²) in [6.07, 6.45) is 3.23. The maximum absolute atomic E-state index is 12.4. The van der Waals surface area contributed by atoms with Crippen LogP contribution in [0.5, 0.6) is 11.5 Å². The molecule has 0 aromatic heterocycles. The second-order valence-corrected chi connectivity index (χ2v) is 7.49. The van der Waals surface area contributed by atoms with Gasteiger partial charge in [-0.1, -0.05) is 42.0 Å². The maximum atomic E-state index is 12.4. The molecule has 0 saturated carbocycles. The number of carbonyl (C=O) groups is 2. The summed E-state index contributed by atoms with van der Waals surface area (Å²) < 4.78 is 11.7. The topological polar surface area (TPSA) is 55.8 Å². The minimum absolute atomic E-state index is 0.206. The Kier molecular flexibility index (Phi) is 6.77. The van der Waals surface area contributed by atoms with Gasteiger partial charge in [-0.25, -0.2) is 0 Å². The number of amides is 2. The third-order valence-electron chi connectivity index (χ3n) is 4.27. The lowest BCUT2D eigenvalue weighted by Crippen LogP contribution is -2.27. The number of imide groups is 1. The third kappa shape index (κ3) is 5.09. The van der Waals surface area contributed by atoms with Crippen molar-refractivity contribution in [3.8, 4) is 11.5 Å². The van der Waals surface area contributed by atoms with Crippen molar-refractivity contribution in [2.45, 2.75) is 20.5 Å². The molecule has 1 aliphatic rings. The first-order valence-corrected chi connectivity index (χ1v) is 10.1. The lowest BCUT2D eigenvalue weighted by atomic mass is 10.1. The van der Waals surface area contributed by atoms with E-state index in [4.69, 9.17) is 9.47 Å². The average Bonchev–Trinajstić information content (AvgIpc) is 2.97. The highest BCUT2D eigenvalue weighted by Crippen LogP contribution is 2.34. The summed E-state index contributed by atoms with van der Waals surface area (Å²) in [5, 5.41) is -0.288. The molecule has 0 aliphatic carbocycles. The van der Waals surface area contributed by atoms with Crippen LogP contribution in [0.4, 0.5) is 4.79 Å². The third-order valence-corrected chi connectivity index (χ3v) is 5.17. The van der Waals surface area contributed by atoms with Crippen LogP contribution in [-0.4, -0.2) is 29.2 Å². The number of aryl methyl sites for hydroxylation is 1. The maximum Gasteiger partial charge on any atom is 0.293 e. The van der Waals surface area contributed by atoms with E-state index in [9.17, 15) is 9.59 Å². The summed E-state index contributed by atoms with van der Waals surface area (Å²) in [7, 11) is 0. The monoisotopic (exact) mass is 409 g/mol. The number of hydrogen-bond acceptors (Lipinski definition) is 5. The molecule has 2 amide bonds. The molecule has 3 rings (SSSR count). The van der Waals surface area contributed by atoms with E-state index in [-0.39, 0.29) is 17.7 Å². The molecule has 5 nitrogen and oxygen atoms in total. The van der Waals surface area contributed by atoms with Crippen LogP contribution in [0.15, 0.2) is 60.0 Å². The largest absolute Gasteiger partial charge is 0.490 e. The number of benzene rings is 2. The number of ether oxygens (including phenoxy) is 2. The summed E-state index contributed by atoms with van der Waals surface area (Å²) in [5.74, 6) is 0.917. The Labute approximate surface area is 175 Å². The molecule has 2 aromatic rings. The minimum atomic E-state index is -0.308. The molecule has 0 radical (unpaired) electrons. The first kappa shape index (κ1) is 20.7. The molecule has 1 fully saturated rings. The van der Waals surface area contributed by atoms with Crippen LogP contribution in [0, 0.1) is 6.92 Å². The van der Waals surface area contributed by atoms with Crippen LogP contribution in [0.25, 0.3) is 6.08 Å². The second-order valence-electron chi connectivity index (χ2n) is 6.49. The van der Waals surface area contributed by atoms with E-state index in [1.165, 1.54) is 16.5 Å². The Bertz CT molecular complexity index is 950. The summed E-state index contributed by atoms with van der Waals surface area (Å²) in [6, 6.07) is 13.6. The van der Waals surface area contributed by atoms with Gasteiger partial charge < -0.3 is 9.47 Å². The van der Waals surface area contributed by atoms with E-state index in [2.05, 4.69) is 6.58 Å². The highest BCUT2D eigenvalue weighted by molar-refractivity contribution is 8.18. The van der Waals surface area contributed by atoms with Crippen LogP contribution >= 0.6 is 11.8 Å². The standard InChI is InChI=1S/C23H23NO4S/c1-4-12-24-22(25)21(29-23(24)26)14-18-10-11-19(20(13-18)27-5-2)28-15-17-8-6-16(3)7-9-17/h4,6-11,13-14H,1,5,12,15H2,2-3H3/b21-14+. The van der Waals surface area contributed by atoms with Crippen molar-refractivity contribution in [1.29, 1.82) is 0 Å². The van der Waals surface area contributed by atoms with E-state index < -0.39 is 0 Å². The van der Waals surface area contributed by atoms with Crippen molar-refractivity contribution in [3.63, 3.8) is 0 Å². The van der Waals surface area contributed by atoms with Crippen LogP contribution in [0.3, 0.4) is 0 Å². The van der Waals surface area contributed by atoms with Gasteiger partial charge in [0.1, 0.15) is 6.61 Å². The lowest BCUT2D eigenvalue weighted by Gasteiger charge is -2.13. The molecule has 0 spiro atoms. The predicted octanol–water partition coefficient (Wildman–Crippen LogP) is 5.20. The minimum Gasteiger partial charge on any atom is -0.490 e. The number of carbonyl (C=O) groups excluding carboxylic acids is 2.